The number of hydrogen-bond donors (Lipinski definition) is 2. The summed E-state index contributed by atoms with van der Waals surface area (Å²) < 4.78 is 26.1. The van der Waals surface area contributed by atoms with Gasteiger partial charge < -0.3 is 20.5 Å². The normalized spacial score (nSPS) is 16.0. The van der Waals surface area contributed by atoms with Crippen LogP contribution in [-0.4, -0.2) is 53.1 Å². The van der Waals surface area contributed by atoms with Gasteiger partial charge in [0.1, 0.15) is 18.0 Å². The van der Waals surface area contributed by atoms with E-state index in [1.807, 2.05) is 6.92 Å². The SMILES string of the molecule is CCOc1cc2c(Nc3ccc(Cl)cc3F)ncnc2cc1OCCCN1CCCC1C(N)=O. The molecule has 0 spiro atoms. The van der Waals surface area contributed by atoms with Crippen LogP contribution in [0, 0.1) is 5.82 Å². The van der Waals surface area contributed by atoms with E-state index in [2.05, 4.69) is 20.2 Å². The van der Waals surface area contributed by atoms with Gasteiger partial charge in [-0.15, -0.1) is 0 Å². The Hall–Kier alpha value is -3.17. The van der Waals surface area contributed by atoms with Crippen LogP contribution >= 0.6 is 11.6 Å². The van der Waals surface area contributed by atoms with E-state index in [1.54, 1.807) is 24.3 Å². The van der Waals surface area contributed by atoms with Crippen molar-refractivity contribution in [2.75, 3.05) is 31.6 Å². The fourth-order valence-electron chi connectivity index (χ4n) is 4.13. The van der Waals surface area contributed by atoms with Crippen LogP contribution in [0.2, 0.25) is 5.02 Å². The first-order valence-electron chi connectivity index (χ1n) is 11.3. The number of rotatable bonds is 10. The van der Waals surface area contributed by atoms with Crippen molar-refractivity contribution < 1.29 is 18.7 Å². The van der Waals surface area contributed by atoms with Crippen LogP contribution in [0.15, 0.2) is 36.7 Å². The van der Waals surface area contributed by atoms with Gasteiger partial charge in [0, 0.05) is 23.0 Å². The van der Waals surface area contributed by atoms with E-state index in [0.29, 0.717) is 46.5 Å². The van der Waals surface area contributed by atoms with Crippen molar-refractivity contribution in [3.63, 3.8) is 0 Å². The van der Waals surface area contributed by atoms with E-state index in [9.17, 15) is 9.18 Å². The molecule has 2 heterocycles. The van der Waals surface area contributed by atoms with E-state index < -0.39 is 5.82 Å². The minimum atomic E-state index is -0.485. The summed E-state index contributed by atoms with van der Waals surface area (Å²) in [5.41, 5.74) is 6.37. The average Bonchev–Trinajstić information content (AvgIpc) is 3.28. The highest BCUT2D eigenvalue weighted by atomic mass is 35.5. The van der Waals surface area contributed by atoms with Crippen molar-refractivity contribution in [2.45, 2.75) is 32.2 Å². The molecule has 0 aliphatic carbocycles. The Morgan fingerprint density at radius 3 is 2.85 bits per heavy atom. The zero-order valence-electron chi connectivity index (χ0n) is 18.9. The minimum absolute atomic E-state index is 0.187. The van der Waals surface area contributed by atoms with Gasteiger partial charge in [-0.05, 0) is 57.0 Å². The van der Waals surface area contributed by atoms with Crippen LogP contribution in [-0.2, 0) is 4.79 Å². The monoisotopic (exact) mass is 487 g/mol. The summed E-state index contributed by atoms with van der Waals surface area (Å²) in [6.45, 7) is 4.37. The maximum atomic E-state index is 14.3. The van der Waals surface area contributed by atoms with E-state index in [1.165, 1.54) is 12.4 Å². The van der Waals surface area contributed by atoms with Gasteiger partial charge >= 0.3 is 0 Å². The number of aromatic nitrogens is 2. The van der Waals surface area contributed by atoms with Crippen LogP contribution in [0.4, 0.5) is 15.9 Å². The molecule has 180 valence electrons. The van der Waals surface area contributed by atoms with Crippen molar-refractivity contribution in [3.8, 4) is 11.5 Å². The summed E-state index contributed by atoms with van der Waals surface area (Å²) in [6.07, 6.45) is 3.93. The fraction of sp³-hybridized carbons (Fsp3) is 0.375. The number of primary amides is 1. The number of carbonyl (C=O) groups excluding carboxylic acids is 1. The Kier molecular flexibility index (Phi) is 7.64. The van der Waals surface area contributed by atoms with E-state index in [4.69, 9.17) is 26.8 Å². The van der Waals surface area contributed by atoms with Gasteiger partial charge in [-0.3, -0.25) is 9.69 Å². The Bertz CT molecular complexity index is 1180. The molecule has 2 aromatic carbocycles. The maximum Gasteiger partial charge on any atom is 0.234 e. The summed E-state index contributed by atoms with van der Waals surface area (Å²) in [5.74, 6) is 0.783. The number of nitrogens with two attached hydrogens (primary N) is 1. The highest BCUT2D eigenvalue weighted by molar-refractivity contribution is 6.30. The molecule has 0 saturated carbocycles. The first kappa shape index (κ1) is 24.0. The van der Waals surface area contributed by atoms with Crippen LogP contribution in [0.5, 0.6) is 11.5 Å². The number of likely N-dealkylation sites (tertiary alicyclic amines) is 1. The molecule has 0 bridgehead atoms. The van der Waals surface area contributed by atoms with Crippen LogP contribution in [0.25, 0.3) is 10.9 Å². The summed E-state index contributed by atoms with van der Waals surface area (Å²) in [7, 11) is 0. The molecular weight excluding hydrogens is 461 g/mol. The Morgan fingerprint density at radius 1 is 1.26 bits per heavy atom. The molecule has 8 nitrogen and oxygen atoms in total. The highest BCUT2D eigenvalue weighted by Crippen LogP contribution is 2.35. The van der Waals surface area contributed by atoms with Gasteiger partial charge in [0.05, 0.1) is 30.5 Å². The van der Waals surface area contributed by atoms with Gasteiger partial charge in [0.15, 0.2) is 11.5 Å². The van der Waals surface area contributed by atoms with Gasteiger partial charge in [0.25, 0.3) is 0 Å². The number of amides is 1. The second-order valence-corrected chi connectivity index (χ2v) is 8.46. The van der Waals surface area contributed by atoms with Gasteiger partial charge in [-0.25, -0.2) is 14.4 Å². The molecule has 1 atom stereocenters. The molecule has 3 N–H and O–H groups in total. The summed E-state index contributed by atoms with van der Waals surface area (Å²) in [4.78, 5) is 22.3. The molecule has 34 heavy (non-hydrogen) atoms. The van der Waals surface area contributed by atoms with Crippen LogP contribution in [0.1, 0.15) is 26.2 Å². The number of halogens is 2. The molecule has 1 aliphatic heterocycles. The van der Waals surface area contributed by atoms with E-state index in [0.717, 1.165) is 32.4 Å². The lowest BCUT2D eigenvalue weighted by atomic mass is 10.2. The lowest BCUT2D eigenvalue weighted by molar-refractivity contribution is -0.122. The molecule has 1 amide bonds. The van der Waals surface area contributed by atoms with Crippen LogP contribution < -0.4 is 20.5 Å². The van der Waals surface area contributed by atoms with Crippen LogP contribution in [0.3, 0.4) is 0 Å². The van der Waals surface area contributed by atoms with Crippen molar-refractivity contribution in [1.29, 1.82) is 0 Å². The van der Waals surface area contributed by atoms with E-state index in [-0.39, 0.29) is 17.6 Å². The molecular formula is C24H27ClFN5O3. The fourth-order valence-corrected chi connectivity index (χ4v) is 4.29. The predicted molar refractivity (Wildman–Crippen MR) is 129 cm³/mol. The second-order valence-electron chi connectivity index (χ2n) is 8.02. The van der Waals surface area contributed by atoms with Crippen molar-refractivity contribution >= 4 is 39.9 Å². The molecule has 4 rings (SSSR count). The quantitative estimate of drug-likeness (QED) is 0.411. The third-order valence-electron chi connectivity index (χ3n) is 5.72. The first-order chi connectivity index (χ1) is 16.5. The average molecular weight is 488 g/mol. The zero-order valence-corrected chi connectivity index (χ0v) is 19.6. The highest BCUT2D eigenvalue weighted by Gasteiger charge is 2.28. The predicted octanol–water partition coefficient (Wildman–Crippen LogP) is 4.28. The molecule has 1 unspecified atom stereocenters. The molecule has 3 aromatic rings. The van der Waals surface area contributed by atoms with Crippen molar-refractivity contribution in [2.24, 2.45) is 5.73 Å². The third kappa shape index (κ3) is 5.48. The van der Waals surface area contributed by atoms with Gasteiger partial charge in [0.2, 0.25) is 5.91 Å². The first-order valence-corrected chi connectivity index (χ1v) is 11.6. The largest absolute Gasteiger partial charge is 0.490 e. The number of ether oxygens (including phenoxy) is 2. The third-order valence-corrected chi connectivity index (χ3v) is 5.96. The number of nitrogens with one attached hydrogen (secondary N) is 1. The van der Waals surface area contributed by atoms with E-state index >= 15 is 0 Å². The minimum Gasteiger partial charge on any atom is -0.490 e. The summed E-state index contributed by atoms with van der Waals surface area (Å²) in [5, 5.41) is 3.98. The number of fused-ring (bicyclic) bond motifs is 1. The number of carbonyl (C=O) groups is 1. The second kappa shape index (κ2) is 10.8. The maximum absolute atomic E-state index is 14.3. The number of anilines is 2. The molecule has 1 aliphatic rings. The van der Waals surface area contributed by atoms with Crippen molar-refractivity contribution in [1.82, 2.24) is 14.9 Å². The number of hydrogen-bond acceptors (Lipinski definition) is 7. The Balaban J connectivity index is 1.50. The zero-order chi connectivity index (χ0) is 24.1. The smallest absolute Gasteiger partial charge is 0.234 e. The number of benzene rings is 2. The molecule has 1 fully saturated rings. The summed E-state index contributed by atoms with van der Waals surface area (Å²) in [6, 6.07) is 7.77. The molecule has 10 heteroatoms. The molecule has 1 aromatic heterocycles. The lowest BCUT2D eigenvalue weighted by Crippen LogP contribution is -2.40. The number of nitrogens with zero attached hydrogens (tertiary/aromatic N) is 3. The van der Waals surface area contributed by atoms with Crippen molar-refractivity contribution in [3.05, 3.63) is 47.5 Å². The topological polar surface area (TPSA) is 103 Å². The molecule has 1 saturated heterocycles. The summed E-state index contributed by atoms with van der Waals surface area (Å²) >= 11 is 5.85. The van der Waals surface area contributed by atoms with Gasteiger partial charge in [-0.2, -0.15) is 0 Å². The lowest BCUT2D eigenvalue weighted by Gasteiger charge is -2.21. The van der Waals surface area contributed by atoms with Gasteiger partial charge in [-0.1, -0.05) is 11.6 Å². The Morgan fingerprint density at radius 2 is 2.09 bits per heavy atom. The Labute approximate surface area is 202 Å². The molecule has 0 radical (unpaired) electrons. The standard InChI is InChI=1S/C24H27ClFN5O3/c1-2-33-21-12-16-19(28-14-29-24(16)30-18-7-6-15(25)11-17(18)26)13-22(21)34-10-4-9-31-8-3-5-20(31)23(27)32/h6-7,11-14,20H,2-5,8-10H2,1H3,(H2,27,32)(H,28,29,30).